The lowest BCUT2D eigenvalue weighted by Gasteiger charge is -2.05. The Labute approximate surface area is 125 Å². The molecule has 4 N–H and O–H groups in total. The molecule has 0 bridgehead atoms. The van der Waals surface area contributed by atoms with Crippen LogP contribution in [0.15, 0.2) is 29.3 Å². The number of ether oxygens (including phenoxy) is 1. The number of aliphatic imine (C=N–C) groups is 1. The number of aryl methyl sites for hydroxylation is 1. The summed E-state index contributed by atoms with van der Waals surface area (Å²) in [5.41, 5.74) is 10.8. The number of nitrogens with two attached hydrogens (primary N) is 2. The third-order valence-electron chi connectivity index (χ3n) is 1.80. The van der Waals surface area contributed by atoms with E-state index < -0.39 is 0 Å². The van der Waals surface area contributed by atoms with Gasteiger partial charge in [0.15, 0.2) is 0 Å². The molecule has 0 spiro atoms. The maximum atomic E-state index is 5.52. The van der Waals surface area contributed by atoms with E-state index in [1.54, 1.807) is 0 Å². The molecule has 0 atom stereocenters. The van der Waals surface area contributed by atoms with Crippen molar-refractivity contribution in [2.24, 2.45) is 16.5 Å². The van der Waals surface area contributed by atoms with Crippen LogP contribution in [0.5, 0.6) is 5.75 Å². The lowest BCUT2D eigenvalue weighted by molar-refractivity contribution is 0.313. The van der Waals surface area contributed by atoms with E-state index in [2.05, 4.69) is 10.7 Å². The van der Waals surface area contributed by atoms with Gasteiger partial charge in [-0.2, -0.15) is 0 Å². The number of benzene rings is 1. The maximum absolute atomic E-state index is 5.52. The zero-order valence-electron chi connectivity index (χ0n) is 14.0. The number of nitrogens with zero attached hydrogens (tertiary/aromatic N) is 1. The standard InChI is InChI=1S/C11H16N2O.2C2H6.CH5N/c1-10-4-2-5-11(8-10)14-7-3-6-13-9-12;3*1-2/h2,4-5,8-9H,3,6-7H2,1H3,(H2,12,13);2*1-2H3;2H2,1H3. The SMILES string of the molecule is CC.CC.CN.Cc1cccc(OCCCN=CN)c1. The molecule has 0 fully saturated rings. The molecule has 0 aromatic heterocycles. The predicted octanol–water partition coefficient (Wildman–Crippen LogP) is 3.38. The summed E-state index contributed by atoms with van der Waals surface area (Å²) in [6.07, 6.45) is 2.22. The van der Waals surface area contributed by atoms with Crippen LogP contribution in [0.25, 0.3) is 0 Å². The molecule has 0 aliphatic rings. The van der Waals surface area contributed by atoms with Crippen molar-refractivity contribution >= 4 is 6.34 Å². The van der Waals surface area contributed by atoms with E-state index in [1.165, 1.54) is 18.9 Å². The Balaban J connectivity index is -0.000000425. The van der Waals surface area contributed by atoms with Crippen LogP contribution < -0.4 is 16.2 Å². The lowest BCUT2D eigenvalue weighted by Crippen LogP contribution is -2.00. The van der Waals surface area contributed by atoms with Crippen LogP contribution in [0, 0.1) is 6.92 Å². The van der Waals surface area contributed by atoms with E-state index in [0.717, 1.165) is 18.7 Å². The summed E-state index contributed by atoms with van der Waals surface area (Å²) >= 11 is 0. The Morgan fingerprint density at radius 2 is 1.75 bits per heavy atom. The molecule has 0 unspecified atom stereocenters. The van der Waals surface area contributed by atoms with Gasteiger partial charge in [0.1, 0.15) is 5.75 Å². The minimum Gasteiger partial charge on any atom is -0.494 e. The molecule has 0 aliphatic carbocycles. The smallest absolute Gasteiger partial charge is 0.119 e. The van der Waals surface area contributed by atoms with E-state index in [-0.39, 0.29) is 0 Å². The molecule has 0 aliphatic heterocycles. The average Bonchev–Trinajstić information content (AvgIpc) is 2.53. The topological polar surface area (TPSA) is 73.6 Å². The molecular weight excluding hydrogens is 250 g/mol. The Kier molecular flexibility index (Phi) is 26.6. The second-order valence-corrected chi connectivity index (χ2v) is 3.07. The van der Waals surface area contributed by atoms with Crippen LogP contribution in [0.1, 0.15) is 39.7 Å². The largest absolute Gasteiger partial charge is 0.494 e. The summed E-state index contributed by atoms with van der Waals surface area (Å²) in [6, 6.07) is 8.01. The quantitative estimate of drug-likeness (QED) is 0.494. The first kappa shape index (κ1) is 23.5. The van der Waals surface area contributed by atoms with Gasteiger partial charge >= 0.3 is 0 Å². The Morgan fingerprint density at radius 1 is 1.15 bits per heavy atom. The number of hydrogen-bond acceptors (Lipinski definition) is 3. The third-order valence-corrected chi connectivity index (χ3v) is 1.80. The van der Waals surface area contributed by atoms with Gasteiger partial charge in [0, 0.05) is 13.0 Å². The molecule has 1 aromatic rings. The summed E-state index contributed by atoms with van der Waals surface area (Å²) in [7, 11) is 1.50. The van der Waals surface area contributed by atoms with Gasteiger partial charge < -0.3 is 16.2 Å². The summed E-state index contributed by atoms with van der Waals surface area (Å²) in [5, 5.41) is 0. The molecule has 20 heavy (non-hydrogen) atoms. The van der Waals surface area contributed by atoms with Crippen molar-refractivity contribution in [2.45, 2.75) is 41.0 Å². The van der Waals surface area contributed by atoms with E-state index >= 15 is 0 Å². The molecule has 0 amide bonds. The highest BCUT2D eigenvalue weighted by atomic mass is 16.5. The zero-order chi connectivity index (χ0) is 16.2. The van der Waals surface area contributed by atoms with Gasteiger partial charge in [-0.1, -0.05) is 39.8 Å². The molecule has 4 nitrogen and oxygen atoms in total. The van der Waals surface area contributed by atoms with E-state index in [4.69, 9.17) is 10.5 Å². The van der Waals surface area contributed by atoms with Gasteiger partial charge in [0.25, 0.3) is 0 Å². The van der Waals surface area contributed by atoms with Crippen molar-refractivity contribution in [3.05, 3.63) is 29.8 Å². The fourth-order valence-corrected chi connectivity index (χ4v) is 1.13. The van der Waals surface area contributed by atoms with Crippen molar-refractivity contribution < 1.29 is 4.74 Å². The summed E-state index contributed by atoms with van der Waals surface area (Å²) in [5.74, 6) is 0.918. The summed E-state index contributed by atoms with van der Waals surface area (Å²) < 4.78 is 5.52. The summed E-state index contributed by atoms with van der Waals surface area (Å²) in [6.45, 7) is 11.5. The first-order valence-electron chi connectivity index (χ1n) is 7.30. The molecule has 0 saturated carbocycles. The predicted molar refractivity (Wildman–Crippen MR) is 91.6 cm³/mol. The fraction of sp³-hybridized carbons (Fsp3) is 0.562. The zero-order valence-corrected chi connectivity index (χ0v) is 14.0. The molecule has 118 valence electrons. The Morgan fingerprint density at radius 3 is 2.25 bits per heavy atom. The first-order valence-corrected chi connectivity index (χ1v) is 7.30. The van der Waals surface area contributed by atoms with Crippen LogP contribution in [0.4, 0.5) is 0 Å². The van der Waals surface area contributed by atoms with Crippen LogP contribution >= 0.6 is 0 Å². The molecule has 0 heterocycles. The lowest BCUT2D eigenvalue weighted by atomic mass is 10.2. The van der Waals surface area contributed by atoms with E-state index in [9.17, 15) is 0 Å². The van der Waals surface area contributed by atoms with Crippen molar-refractivity contribution in [3.8, 4) is 5.75 Å². The number of rotatable bonds is 5. The fourth-order valence-electron chi connectivity index (χ4n) is 1.13. The second kappa shape index (κ2) is 22.6. The van der Waals surface area contributed by atoms with Crippen LogP contribution in [0.2, 0.25) is 0 Å². The average molecular weight is 283 g/mol. The minimum atomic E-state index is 0.681. The highest BCUT2D eigenvalue weighted by Crippen LogP contribution is 2.12. The molecule has 0 radical (unpaired) electrons. The molecule has 1 rings (SSSR count). The van der Waals surface area contributed by atoms with Gasteiger partial charge in [-0.05, 0) is 31.7 Å². The molecule has 4 heteroatoms. The van der Waals surface area contributed by atoms with Crippen LogP contribution in [-0.4, -0.2) is 26.5 Å². The van der Waals surface area contributed by atoms with Crippen molar-refractivity contribution in [3.63, 3.8) is 0 Å². The Hall–Kier alpha value is -1.55. The van der Waals surface area contributed by atoms with Crippen LogP contribution in [-0.2, 0) is 0 Å². The van der Waals surface area contributed by atoms with Crippen molar-refractivity contribution in [1.82, 2.24) is 0 Å². The van der Waals surface area contributed by atoms with Gasteiger partial charge in [-0.25, -0.2) is 0 Å². The van der Waals surface area contributed by atoms with Gasteiger partial charge in [-0.3, -0.25) is 4.99 Å². The van der Waals surface area contributed by atoms with Gasteiger partial charge in [-0.15, -0.1) is 0 Å². The molecular formula is C16H33N3O. The van der Waals surface area contributed by atoms with Crippen LogP contribution in [0.3, 0.4) is 0 Å². The maximum Gasteiger partial charge on any atom is 0.119 e. The molecule has 0 saturated heterocycles. The van der Waals surface area contributed by atoms with Crippen molar-refractivity contribution in [2.75, 3.05) is 20.2 Å². The second-order valence-electron chi connectivity index (χ2n) is 3.07. The third kappa shape index (κ3) is 16.4. The summed E-state index contributed by atoms with van der Waals surface area (Å²) in [4.78, 5) is 3.89. The normalized spacial score (nSPS) is 8.35. The number of hydrogen-bond donors (Lipinski definition) is 2. The highest BCUT2D eigenvalue weighted by Gasteiger charge is 1.92. The first-order chi connectivity index (χ1) is 9.83. The van der Waals surface area contributed by atoms with Gasteiger partial charge in [0.2, 0.25) is 0 Å². The van der Waals surface area contributed by atoms with Crippen molar-refractivity contribution in [1.29, 1.82) is 0 Å². The Bertz CT molecular complexity index is 302. The monoisotopic (exact) mass is 283 g/mol. The van der Waals surface area contributed by atoms with E-state index in [1.807, 2.05) is 58.9 Å². The van der Waals surface area contributed by atoms with E-state index in [0.29, 0.717) is 6.61 Å². The highest BCUT2D eigenvalue weighted by molar-refractivity contribution is 5.50. The molecule has 1 aromatic carbocycles. The van der Waals surface area contributed by atoms with Gasteiger partial charge in [0.05, 0.1) is 12.9 Å². The minimum absolute atomic E-state index is 0.681.